The number of thiophene rings is 1. The molecule has 1 saturated heterocycles. The minimum Gasteiger partial charge on any atom is -0.326 e. The van der Waals surface area contributed by atoms with Crippen LogP contribution in [-0.2, 0) is 6.42 Å². The third-order valence-electron chi connectivity index (χ3n) is 2.37. The van der Waals surface area contributed by atoms with Crippen molar-refractivity contribution in [2.75, 3.05) is 17.3 Å². The van der Waals surface area contributed by atoms with E-state index in [9.17, 15) is 0 Å². The zero-order valence-corrected chi connectivity index (χ0v) is 10.5. The Morgan fingerprint density at radius 2 is 2.43 bits per heavy atom. The SMILES string of the molecule is NC(Cc1ccsc1)C1CSCCS1. The van der Waals surface area contributed by atoms with Crippen molar-refractivity contribution in [3.8, 4) is 0 Å². The molecule has 0 spiro atoms. The first-order valence-electron chi connectivity index (χ1n) is 4.82. The lowest BCUT2D eigenvalue weighted by Gasteiger charge is -2.26. The van der Waals surface area contributed by atoms with E-state index in [0.29, 0.717) is 11.3 Å². The van der Waals surface area contributed by atoms with Gasteiger partial charge in [-0.2, -0.15) is 34.9 Å². The van der Waals surface area contributed by atoms with Gasteiger partial charge in [0, 0.05) is 28.6 Å². The van der Waals surface area contributed by atoms with Crippen LogP contribution in [0.4, 0.5) is 0 Å². The predicted molar refractivity (Wildman–Crippen MR) is 69.6 cm³/mol. The van der Waals surface area contributed by atoms with E-state index in [-0.39, 0.29) is 0 Å². The molecule has 78 valence electrons. The van der Waals surface area contributed by atoms with Gasteiger partial charge in [0.15, 0.2) is 0 Å². The van der Waals surface area contributed by atoms with Crippen LogP contribution in [0.2, 0.25) is 0 Å². The van der Waals surface area contributed by atoms with Gasteiger partial charge in [0.1, 0.15) is 0 Å². The highest BCUT2D eigenvalue weighted by Gasteiger charge is 2.21. The van der Waals surface area contributed by atoms with E-state index in [2.05, 4.69) is 28.6 Å². The van der Waals surface area contributed by atoms with Crippen molar-refractivity contribution in [3.05, 3.63) is 22.4 Å². The summed E-state index contributed by atoms with van der Waals surface area (Å²) in [6.45, 7) is 0. The number of rotatable bonds is 3. The molecule has 1 aromatic heterocycles. The molecule has 2 N–H and O–H groups in total. The van der Waals surface area contributed by atoms with E-state index in [0.717, 1.165) is 6.42 Å². The summed E-state index contributed by atoms with van der Waals surface area (Å²) < 4.78 is 0. The maximum atomic E-state index is 6.21. The number of thioether (sulfide) groups is 2. The fourth-order valence-electron chi connectivity index (χ4n) is 1.57. The van der Waals surface area contributed by atoms with E-state index >= 15 is 0 Å². The van der Waals surface area contributed by atoms with Crippen LogP contribution in [0.25, 0.3) is 0 Å². The molecule has 2 atom stereocenters. The Balaban J connectivity index is 1.85. The summed E-state index contributed by atoms with van der Waals surface area (Å²) >= 11 is 5.86. The van der Waals surface area contributed by atoms with Crippen LogP contribution in [0, 0.1) is 0 Å². The molecule has 2 unspecified atom stereocenters. The van der Waals surface area contributed by atoms with Gasteiger partial charge in [-0.3, -0.25) is 0 Å². The zero-order valence-electron chi connectivity index (χ0n) is 8.02. The second-order valence-corrected chi connectivity index (χ2v) is 6.76. The summed E-state index contributed by atoms with van der Waals surface area (Å²) in [5.41, 5.74) is 7.61. The van der Waals surface area contributed by atoms with Crippen LogP contribution in [-0.4, -0.2) is 28.6 Å². The molecule has 0 radical (unpaired) electrons. The van der Waals surface area contributed by atoms with Gasteiger partial charge in [0.05, 0.1) is 0 Å². The topological polar surface area (TPSA) is 26.0 Å². The first kappa shape index (κ1) is 10.9. The standard InChI is InChI=1S/C10H15NS3/c11-9(5-8-1-2-12-6-8)10-7-13-3-4-14-10/h1-2,6,9-10H,3-5,7,11H2. The maximum Gasteiger partial charge on any atom is 0.0293 e. The molecule has 1 aromatic rings. The molecule has 2 heterocycles. The zero-order chi connectivity index (χ0) is 9.80. The molecule has 1 aliphatic rings. The van der Waals surface area contributed by atoms with Gasteiger partial charge < -0.3 is 5.73 Å². The summed E-state index contributed by atoms with van der Waals surface area (Å²) in [5.74, 6) is 3.80. The molecule has 1 aliphatic heterocycles. The Morgan fingerprint density at radius 3 is 3.07 bits per heavy atom. The highest BCUT2D eigenvalue weighted by atomic mass is 32.2. The van der Waals surface area contributed by atoms with E-state index in [4.69, 9.17) is 5.73 Å². The Bertz CT molecular complexity index is 254. The van der Waals surface area contributed by atoms with E-state index in [1.807, 2.05) is 11.8 Å². The molecule has 0 amide bonds. The average Bonchev–Trinajstić information content (AvgIpc) is 2.72. The van der Waals surface area contributed by atoms with Crippen LogP contribution in [0.15, 0.2) is 16.8 Å². The number of hydrogen-bond donors (Lipinski definition) is 1. The van der Waals surface area contributed by atoms with E-state index in [1.165, 1.54) is 22.8 Å². The van der Waals surface area contributed by atoms with Gasteiger partial charge in [0.25, 0.3) is 0 Å². The monoisotopic (exact) mass is 245 g/mol. The van der Waals surface area contributed by atoms with Gasteiger partial charge in [-0.1, -0.05) is 0 Å². The summed E-state index contributed by atoms with van der Waals surface area (Å²) in [7, 11) is 0. The molecule has 1 fully saturated rings. The summed E-state index contributed by atoms with van der Waals surface area (Å²) in [6.07, 6.45) is 1.04. The van der Waals surface area contributed by atoms with E-state index < -0.39 is 0 Å². The average molecular weight is 245 g/mol. The summed E-state index contributed by atoms with van der Waals surface area (Å²) in [4.78, 5) is 0. The Labute approximate surface area is 97.8 Å². The third kappa shape index (κ3) is 2.92. The van der Waals surface area contributed by atoms with E-state index in [1.54, 1.807) is 11.3 Å². The minimum absolute atomic E-state index is 0.336. The van der Waals surface area contributed by atoms with Crippen molar-refractivity contribution < 1.29 is 0 Å². The van der Waals surface area contributed by atoms with Crippen molar-refractivity contribution >= 4 is 34.9 Å². The highest BCUT2D eigenvalue weighted by molar-refractivity contribution is 8.06. The third-order valence-corrected chi connectivity index (χ3v) is 6.04. The van der Waals surface area contributed by atoms with Crippen LogP contribution in [0.1, 0.15) is 5.56 Å². The van der Waals surface area contributed by atoms with Crippen molar-refractivity contribution in [1.29, 1.82) is 0 Å². The molecule has 2 rings (SSSR count). The van der Waals surface area contributed by atoms with Gasteiger partial charge in [-0.15, -0.1) is 0 Å². The molecule has 14 heavy (non-hydrogen) atoms. The summed E-state index contributed by atoms with van der Waals surface area (Å²) in [6, 6.07) is 2.52. The molecule has 0 aromatic carbocycles. The summed E-state index contributed by atoms with van der Waals surface area (Å²) in [5, 5.41) is 5.00. The Kier molecular flexibility index (Phi) is 4.23. The lowest BCUT2D eigenvalue weighted by molar-refractivity contribution is 0.665. The quantitative estimate of drug-likeness (QED) is 0.886. The fraction of sp³-hybridized carbons (Fsp3) is 0.600. The lowest BCUT2D eigenvalue weighted by atomic mass is 10.1. The molecule has 4 heteroatoms. The Morgan fingerprint density at radius 1 is 1.50 bits per heavy atom. The Hall–Kier alpha value is 0.360. The highest BCUT2D eigenvalue weighted by Crippen LogP contribution is 2.27. The largest absolute Gasteiger partial charge is 0.326 e. The number of nitrogens with two attached hydrogens (primary N) is 1. The molecule has 1 nitrogen and oxygen atoms in total. The first-order chi connectivity index (χ1) is 6.86. The number of hydrogen-bond acceptors (Lipinski definition) is 4. The van der Waals surface area contributed by atoms with Crippen LogP contribution >= 0.6 is 34.9 Å². The first-order valence-corrected chi connectivity index (χ1v) is 7.97. The molecule has 0 bridgehead atoms. The van der Waals surface area contributed by atoms with Crippen molar-refractivity contribution in [2.24, 2.45) is 5.73 Å². The maximum absolute atomic E-state index is 6.21. The smallest absolute Gasteiger partial charge is 0.0293 e. The van der Waals surface area contributed by atoms with Gasteiger partial charge in [-0.25, -0.2) is 0 Å². The fourth-order valence-corrected chi connectivity index (χ4v) is 5.07. The van der Waals surface area contributed by atoms with Crippen molar-refractivity contribution in [2.45, 2.75) is 17.7 Å². The molecular weight excluding hydrogens is 230 g/mol. The minimum atomic E-state index is 0.336. The molecule has 0 aliphatic carbocycles. The van der Waals surface area contributed by atoms with Gasteiger partial charge >= 0.3 is 0 Å². The second-order valence-electron chi connectivity index (χ2n) is 3.48. The predicted octanol–water partition coefficient (Wildman–Crippen LogP) is 2.47. The van der Waals surface area contributed by atoms with Gasteiger partial charge in [-0.05, 0) is 28.8 Å². The molecule has 0 saturated carbocycles. The van der Waals surface area contributed by atoms with Crippen LogP contribution < -0.4 is 5.73 Å². The van der Waals surface area contributed by atoms with Gasteiger partial charge in [0.2, 0.25) is 0 Å². The second kappa shape index (κ2) is 5.45. The van der Waals surface area contributed by atoms with Crippen molar-refractivity contribution in [3.63, 3.8) is 0 Å². The van der Waals surface area contributed by atoms with Crippen LogP contribution in [0.5, 0.6) is 0 Å². The van der Waals surface area contributed by atoms with Crippen LogP contribution in [0.3, 0.4) is 0 Å². The van der Waals surface area contributed by atoms with Crippen molar-refractivity contribution in [1.82, 2.24) is 0 Å². The molecular formula is C10H15NS3. The lowest BCUT2D eigenvalue weighted by Crippen LogP contribution is -2.37. The normalized spacial score (nSPS) is 24.8.